The molecule has 0 radical (unpaired) electrons. The van der Waals surface area contributed by atoms with Crippen LogP contribution >= 0.6 is 0 Å². The SMILES string of the molecule is N#CCCCNOCc1ccccc1. The number of nitrogens with zero attached hydrogens (tertiary/aromatic N) is 1. The van der Waals surface area contributed by atoms with E-state index in [9.17, 15) is 0 Å². The number of hydrogen-bond donors (Lipinski definition) is 1. The number of unbranched alkanes of at least 4 members (excludes halogenated alkanes) is 1. The zero-order valence-corrected chi connectivity index (χ0v) is 8.07. The minimum atomic E-state index is 0.563. The molecular formula is C11H14N2O. The number of benzene rings is 1. The second-order valence-corrected chi connectivity index (χ2v) is 2.93. The molecule has 0 aliphatic carbocycles. The maximum absolute atomic E-state index is 8.28. The first kappa shape index (κ1) is 10.7. The van der Waals surface area contributed by atoms with Crippen molar-refractivity contribution in [1.82, 2.24) is 5.48 Å². The second kappa shape index (κ2) is 7.07. The fourth-order valence-electron chi connectivity index (χ4n) is 1.02. The molecule has 0 saturated carbocycles. The standard InChI is InChI=1S/C11H14N2O/c12-8-4-5-9-13-14-10-11-6-2-1-3-7-11/h1-3,6-7,13H,4-5,9-10H2. The van der Waals surface area contributed by atoms with Crippen molar-refractivity contribution in [2.45, 2.75) is 19.4 Å². The number of hydrogen-bond acceptors (Lipinski definition) is 3. The number of rotatable bonds is 6. The van der Waals surface area contributed by atoms with E-state index in [2.05, 4.69) is 11.5 Å². The lowest BCUT2D eigenvalue weighted by Gasteiger charge is -2.04. The van der Waals surface area contributed by atoms with Gasteiger partial charge in [0.25, 0.3) is 0 Å². The molecule has 14 heavy (non-hydrogen) atoms. The van der Waals surface area contributed by atoms with Crippen LogP contribution in [0.3, 0.4) is 0 Å². The third-order valence-corrected chi connectivity index (χ3v) is 1.75. The van der Waals surface area contributed by atoms with Crippen molar-refractivity contribution >= 4 is 0 Å². The van der Waals surface area contributed by atoms with E-state index in [1.807, 2.05) is 30.3 Å². The Hall–Kier alpha value is -1.37. The maximum Gasteiger partial charge on any atom is 0.0933 e. The highest BCUT2D eigenvalue weighted by atomic mass is 16.6. The van der Waals surface area contributed by atoms with Crippen LogP contribution in [0.25, 0.3) is 0 Å². The summed E-state index contributed by atoms with van der Waals surface area (Å²) in [5, 5.41) is 8.28. The lowest BCUT2D eigenvalue weighted by molar-refractivity contribution is 0.0278. The number of nitrogens with one attached hydrogen (secondary N) is 1. The molecule has 0 atom stereocenters. The van der Waals surface area contributed by atoms with Gasteiger partial charge in [0.1, 0.15) is 0 Å². The average molecular weight is 190 g/mol. The smallest absolute Gasteiger partial charge is 0.0933 e. The molecule has 0 aromatic heterocycles. The first-order chi connectivity index (χ1) is 6.93. The summed E-state index contributed by atoms with van der Waals surface area (Å²) in [5.74, 6) is 0. The highest BCUT2D eigenvalue weighted by Gasteiger charge is 1.90. The maximum atomic E-state index is 8.28. The van der Waals surface area contributed by atoms with E-state index in [-0.39, 0.29) is 0 Å². The molecule has 1 rings (SSSR count). The third-order valence-electron chi connectivity index (χ3n) is 1.75. The second-order valence-electron chi connectivity index (χ2n) is 2.93. The Labute approximate surface area is 84.3 Å². The van der Waals surface area contributed by atoms with E-state index in [0.29, 0.717) is 13.0 Å². The van der Waals surface area contributed by atoms with Gasteiger partial charge >= 0.3 is 0 Å². The Morgan fingerprint density at radius 1 is 1.29 bits per heavy atom. The third kappa shape index (κ3) is 4.61. The molecule has 0 heterocycles. The molecule has 0 aliphatic heterocycles. The first-order valence-corrected chi connectivity index (χ1v) is 4.69. The van der Waals surface area contributed by atoms with Crippen LogP contribution < -0.4 is 5.48 Å². The largest absolute Gasteiger partial charge is 0.297 e. The molecule has 0 bridgehead atoms. The Kier molecular flexibility index (Phi) is 5.41. The van der Waals surface area contributed by atoms with Gasteiger partial charge in [-0.3, -0.25) is 4.84 Å². The molecule has 0 unspecified atom stereocenters. The molecule has 3 heteroatoms. The van der Waals surface area contributed by atoms with Gasteiger partial charge in [-0.05, 0) is 12.0 Å². The van der Waals surface area contributed by atoms with Crippen LogP contribution in [-0.2, 0) is 11.4 Å². The van der Waals surface area contributed by atoms with Crippen molar-refractivity contribution in [1.29, 1.82) is 5.26 Å². The van der Waals surface area contributed by atoms with Crippen molar-refractivity contribution in [3.63, 3.8) is 0 Å². The highest BCUT2D eigenvalue weighted by molar-refractivity contribution is 5.13. The van der Waals surface area contributed by atoms with Crippen LogP contribution in [-0.4, -0.2) is 6.54 Å². The fourth-order valence-corrected chi connectivity index (χ4v) is 1.02. The van der Waals surface area contributed by atoms with Crippen molar-refractivity contribution in [3.8, 4) is 6.07 Å². The van der Waals surface area contributed by atoms with Crippen LogP contribution in [0.1, 0.15) is 18.4 Å². The monoisotopic (exact) mass is 190 g/mol. The number of nitriles is 1. The quantitative estimate of drug-likeness (QED) is 0.551. The van der Waals surface area contributed by atoms with Crippen LogP contribution in [0.15, 0.2) is 30.3 Å². The van der Waals surface area contributed by atoms with Gasteiger partial charge < -0.3 is 0 Å². The topological polar surface area (TPSA) is 45.0 Å². The van der Waals surface area contributed by atoms with Gasteiger partial charge in [-0.15, -0.1) is 0 Å². The summed E-state index contributed by atoms with van der Waals surface area (Å²) in [5.41, 5.74) is 3.96. The van der Waals surface area contributed by atoms with Gasteiger partial charge in [0, 0.05) is 13.0 Å². The van der Waals surface area contributed by atoms with E-state index in [4.69, 9.17) is 10.1 Å². The Bertz CT molecular complexity index is 279. The summed E-state index contributed by atoms with van der Waals surface area (Å²) in [6.45, 7) is 1.29. The van der Waals surface area contributed by atoms with Gasteiger partial charge in [-0.1, -0.05) is 30.3 Å². The zero-order chi connectivity index (χ0) is 10.1. The van der Waals surface area contributed by atoms with Crippen molar-refractivity contribution in [2.24, 2.45) is 0 Å². The van der Waals surface area contributed by atoms with Crippen LogP contribution in [0.2, 0.25) is 0 Å². The zero-order valence-electron chi connectivity index (χ0n) is 8.07. The molecule has 1 aromatic rings. The number of hydroxylamine groups is 1. The molecule has 0 amide bonds. The summed E-state index contributed by atoms with van der Waals surface area (Å²) in [6.07, 6.45) is 1.40. The molecule has 3 nitrogen and oxygen atoms in total. The van der Waals surface area contributed by atoms with E-state index >= 15 is 0 Å². The van der Waals surface area contributed by atoms with E-state index in [1.165, 1.54) is 0 Å². The summed E-state index contributed by atoms with van der Waals surface area (Å²) in [6, 6.07) is 12.0. The first-order valence-electron chi connectivity index (χ1n) is 4.69. The van der Waals surface area contributed by atoms with Gasteiger partial charge in [-0.2, -0.15) is 5.26 Å². The fraction of sp³-hybridized carbons (Fsp3) is 0.364. The molecule has 0 saturated heterocycles. The Balaban J connectivity index is 2.03. The highest BCUT2D eigenvalue weighted by Crippen LogP contribution is 1.98. The molecule has 0 aliphatic rings. The predicted molar refractivity (Wildman–Crippen MR) is 54.1 cm³/mol. The van der Waals surface area contributed by atoms with Crippen LogP contribution in [0, 0.1) is 11.3 Å². The summed E-state index contributed by atoms with van der Waals surface area (Å²) < 4.78 is 0. The van der Waals surface area contributed by atoms with E-state index in [0.717, 1.165) is 18.5 Å². The minimum absolute atomic E-state index is 0.563. The lowest BCUT2D eigenvalue weighted by atomic mass is 10.2. The van der Waals surface area contributed by atoms with Crippen LogP contribution in [0.4, 0.5) is 0 Å². The molecule has 74 valence electrons. The van der Waals surface area contributed by atoms with E-state index in [1.54, 1.807) is 0 Å². The average Bonchev–Trinajstić information content (AvgIpc) is 2.25. The summed E-state index contributed by atoms with van der Waals surface area (Å²) in [4.78, 5) is 5.21. The molecule has 1 N–H and O–H groups in total. The Morgan fingerprint density at radius 3 is 2.79 bits per heavy atom. The van der Waals surface area contributed by atoms with Gasteiger partial charge in [-0.25, -0.2) is 5.48 Å². The lowest BCUT2D eigenvalue weighted by Crippen LogP contribution is -2.15. The molecule has 0 fully saturated rings. The predicted octanol–water partition coefficient (Wildman–Crippen LogP) is 2.01. The Morgan fingerprint density at radius 2 is 2.07 bits per heavy atom. The van der Waals surface area contributed by atoms with E-state index < -0.39 is 0 Å². The van der Waals surface area contributed by atoms with Crippen molar-refractivity contribution < 1.29 is 4.84 Å². The molecular weight excluding hydrogens is 176 g/mol. The van der Waals surface area contributed by atoms with Crippen LogP contribution in [0.5, 0.6) is 0 Å². The summed E-state index contributed by atoms with van der Waals surface area (Å²) in [7, 11) is 0. The van der Waals surface area contributed by atoms with Gasteiger partial charge in [0.15, 0.2) is 0 Å². The normalized spacial score (nSPS) is 9.64. The van der Waals surface area contributed by atoms with Gasteiger partial charge in [0.2, 0.25) is 0 Å². The molecule has 1 aromatic carbocycles. The molecule has 0 spiro atoms. The van der Waals surface area contributed by atoms with Crippen molar-refractivity contribution in [2.75, 3.05) is 6.54 Å². The minimum Gasteiger partial charge on any atom is -0.297 e. The van der Waals surface area contributed by atoms with Gasteiger partial charge in [0.05, 0.1) is 12.7 Å². The van der Waals surface area contributed by atoms with Crippen molar-refractivity contribution in [3.05, 3.63) is 35.9 Å². The summed E-state index contributed by atoms with van der Waals surface area (Å²) >= 11 is 0.